The monoisotopic (exact) mass is 242 g/mol. The Morgan fingerprint density at radius 3 is 2.62 bits per heavy atom. The average Bonchev–Trinajstić information content (AvgIpc) is 2.61. The first-order valence-electron chi connectivity index (χ1n) is 5.53. The number of carboxylic acid groups (broad SMARTS) is 1. The van der Waals surface area contributed by atoms with Crippen molar-refractivity contribution < 1.29 is 9.90 Å². The fourth-order valence-corrected chi connectivity index (χ4v) is 2.35. The third kappa shape index (κ3) is 2.95. The normalized spacial score (nSPS) is 10.8. The van der Waals surface area contributed by atoms with Crippen LogP contribution in [0.1, 0.15) is 42.7 Å². The summed E-state index contributed by atoms with van der Waals surface area (Å²) < 4.78 is 4.07. The molecule has 90 valence electrons. The standard InChI is InChI=1S/C11H18N2O2S/c1-4-8(5-2)6-12-10-9(11(14)15)7(3)13-16-10/h8,12H,4-6H2,1-3H3,(H,14,15). The number of anilines is 1. The van der Waals surface area contributed by atoms with Gasteiger partial charge in [-0.15, -0.1) is 0 Å². The summed E-state index contributed by atoms with van der Waals surface area (Å²) in [5.74, 6) is -0.317. The molecule has 1 heterocycles. The van der Waals surface area contributed by atoms with Crippen molar-refractivity contribution >= 4 is 22.5 Å². The van der Waals surface area contributed by atoms with Crippen molar-refractivity contribution in [3.63, 3.8) is 0 Å². The zero-order valence-corrected chi connectivity index (χ0v) is 10.7. The maximum Gasteiger partial charge on any atom is 0.340 e. The summed E-state index contributed by atoms with van der Waals surface area (Å²) in [5, 5.41) is 12.9. The average molecular weight is 242 g/mol. The van der Waals surface area contributed by atoms with Gasteiger partial charge in [-0.2, -0.15) is 4.37 Å². The lowest BCUT2D eigenvalue weighted by Crippen LogP contribution is -2.13. The predicted molar refractivity (Wildman–Crippen MR) is 66.4 cm³/mol. The second-order valence-corrected chi connectivity index (χ2v) is 4.61. The van der Waals surface area contributed by atoms with Gasteiger partial charge in [-0.05, 0) is 24.4 Å². The van der Waals surface area contributed by atoms with E-state index in [1.165, 1.54) is 11.5 Å². The number of aromatic nitrogens is 1. The molecule has 0 aliphatic heterocycles. The lowest BCUT2D eigenvalue weighted by atomic mass is 10.0. The van der Waals surface area contributed by atoms with Crippen LogP contribution in [0.4, 0.5) is 5.00 Å². The molecule has 0 saturated carbocycles. The molecule has 0 atom stereocenters. The number of rotatable bonds is 6. The lowest BCUT2D eigenvalue weighted by Gasteiger charge is -2.13. The Hall–Kier alpha value is -1.10. The maximum atomic E-state index is 11.0. The number of hydrogen-bond acceptors (Lipinski definition) is 4. The SMILES string of the molecule is CCC(CC)CNc1snc(C)c1C(=O)O. The molecule has 1 aromatic heterocycles. The van der Waals surface area contributed by atoms with Crippen molar-refractivity contribution in [2.45, 2.75) is 33.6 Å². The van der Waals surface area contributed by atoms with E-state index >= 15 is 0 Å². The molecule has 0 radical (unpaired) electrons. The summed E-state index contributed by atoms with van der Waals surface area (Å²) in [6, 6.07) is 0. The highest BCUT2D eigenvalue weighted by molar-refractivity contribution is 7.10. The van der Waals surface area contributed by atoms with E-state index in [2.05, 4.69) is 23.5 Å². The molecule has 4 nitrogen and oxygen atoms in total. The van der Waals surface area contributed by atoms with Crippen LogP contribution < -0.4 is 5.32 Å². The van der Waals surface area contributed by atoms with Crippen LogP contribution in [0.3, 0.4) is 0 Å². The van der Waals surface area contributed by atoms with Gasteiger partial charge < -0.3 is 10.4 Å². The van der Waals surface area contributed by atoms with E-state index in [4.69, 9.17) is 5.11 Å². The molecular formula is C11H18N2O2S. The smallest absolute Gasteiger partial charge is 0.340 e. The summed E-state index contributed by atoms with van der Waals surface area (Å²) in [6.45, 7) is 6.83. The first kappa shape index (κ1) is 13.0. The molecule has 16 heavy (non-hydrogen) atoms. The molecule has 1 rings (SSSR count). The molecule has 0 bridgehead atoms. The summed E-state index contributed by atoms with van der Waals surface area (Å²) in [5.41, 5.74) is 0.903. The van der Waals surface area contributed by atoms with Crippen LogP contribution in [0.25, 0.3) is 0 Å². The van der Waals surface area contributed by atoms with Crippen molar-refractivity contribution in [2.75, 3.05) is 11.9 Å². The second-order valence-electron chi connectivity index (χ2n) is 3.84. The Kier molecular flexibility index (Phi) is 4.73. The van der Waals surface area contributed by atoms with Gasteiger partial charge in [0.15, 0.2) is 0 Å². The lowest BCUT2D eigenvalue weighted by molar-refractivity contribution is 0.0697. The predicted octanol–water partition coefficient (Wildman–Crippen LogP) is 3.00. The number of aryl methyl sites for hydroxylation is 1. The summed E-state index contributed by atoms with van der Waals surface area (Å²) >= 11 is 1.23. The number of hydrogen-bond donors (Lipinski definition) is 2. The van der Waals surface area contributed by atoms with Gasteiger partial charge >= 0.3 is 5.97 Å². The van der Waals surface area contributed by atoms with Crippen molar-refractivity contribution in [1.82, 2.24) is 4.37 Å². The topological polar surface area (TPSA) is 62.2 Å². The Morgan fingerprint density at radius 2 is 2.12 bits per heavy atom. The van der Waals surface area contributed by atoms with Gasteiger partial charge in [0.2, 0.25) is 0 Å². The van der Waals surface area contributed by atoms with E-state index in [1.807, 2.05) is 0 Å². The van der Waals surface area contributed by atoms with Crippen molar-refractivity contribution in [1.29, 1.82) is 0 Å². The first-order valence-corrected chi connectivity index (χ1v) is 6.30. The van der Waals surface area contributed by atoms with Gasteiger partial charge in [-0.1, -0.05) is 26.7 Å². The summed E-state index contributed by atoms with van der Waals surface area (Å²) in [7, 11) is 0. The third-order valence-electron chi connectivity index (χ3n) is 2.78. The molecule has 0 aliphatic carbocycles. The highest BCUT2D eigenvalue weighted by Crippen LogP contribution is 2.25. The Bertz CT molecular complexity index is 359. The zero-order valence-electron chi connectivity index (χ0n) is 9.91. The van der Waals surface area contributed by atoms with Crippen LogP contribution in [0.5, 0.6) is 0 Å². The molecule has 1 aromatic rings. The number of nitrogens with one attached hydrogen (secondary N) is 1. The van der Waals surface area contributed by atoms with Gasteiger partial charge in [0.1, 0.15) is 10.6 Å². The van der Waals surface area contributed by atoms with Crippen LogP contribution in [0.2, 0.25) is 0 Å². The van der Waals surface area contributed by atoms with Crippen LogP contribution in [-0.2, 0) is 0 Å². The van der Waals surface area contributed by atoms with Crippen LogP contribution >= 0.6 is 11.5 Å². The Labute approximate surface area is 99.9 Å². The number of carbonyl (C=O) groups is 1. The quantitative estimate of drug-likeness (QED) is 0.805. The molecule has 0 saturated heterocycles. The zero-order chi connectivity index (χ0) is 12.1. The van der Waals surface area contributed by atoms with Crippen molar-refractivity contribution in [2.24, 2.45) is 5.92 Å². The van der Waals surface area contributed by atoms with Gasteiger partial charge in [-0.25, -0.2) is 4.79 Å². The molecular weight excluding hydrogens is 224 g/mol. The fourth-order valence-electron chi connectivity index (χ4n) is 1.56. The van der Waals surface area contributed by atoms with E-state index in [1.54, 1.807) is 6.92 Å². The minimum Gasteiger partial charge on any atom is -0.478 e. The third-order valence-corrected chi connectivity index (χ3v) is 3.68. The number of nitrogens with zero attached hydrogens (tertiary/aromatic N) is 1. The van der Waals surface area contributed by atoms with Gasteiger partial charge in [0, 0.05) is 6.54 Å². The Balaban J connectivity index is 2.70. The summed E-state index contributed by atoms with van der Waals surface area (Å²) in [6.07, 6.45) is 2.20. The van der Waals surface area contributed by atoms with Gasteiger partial charge in [0.05, 0.1) is 5.69 Å². The van der Waals surface area contributed by atoms with Crippen LogP contribution in [0.15, 0.2) is 0 Å². The minimum absolute atomic E-state index is 0.316. The number of carboxylic acids is 1. The summed E-state index contributed by atoms with van der Waals surface area (Å²) in [4.78, 5) is 11.0. The van der Waals surface area contributed by atoms with E-state index in [-0.39, 0.29) is 0 Å². The molecule has 0 fully saturated rings. The van der Waals surface area contributed by atoms with Gasteiger partial charge in [0.25, 0.3) is 0 Å². The number of aromatic carboxylic acids is 1. The molecule has 0 spiro atoms. The van der Waals surface area contributed by atoms with Gasteiger partial charge in [-0.3, -0.25) is 0 Å². The highest BCUT2D eigenvalue weighted by atomic mass is 32.1. The first-order chi connectivity index (χ1) is 7.60. The van der Waals surface area contributed by atoms with Crippen molar-refractivity contribution in [3.8, 4) is 0 Å². The van der Waals surface area contributed by atoms with Crippen LogP contribution in [-0.4, -0.2) is 22.0 Å². The molecule has 0 aromatic carbocycles. The molecule has 2 N–H and O–H groups in total. The van der Waals surface area contributed by atoms with Crippen LogP contribution in [0, 0.1) is 12.8 Å². The molecule has 0 aliphatic rings. The Morgan fingerprint density at radius 1 is 1.50 bits per heavy atom. The molecule has 0 amide bonds. The van der Waals surface area contributed by atoms with E-state index < -0.39 is 5.97 Å². The van der Waals surface area contributed by atoms with E-state index in [9.17, 15) is 4.79 Å². The fraction of sp³-hybridized carbons (Fsp3) is 0.636. The largest absolute Gasteiger partial charge is 0.478 e. The highest BCUT2D eigenvalue weighted by Gasteiger charge is 2.17. The molecule has 5 heteroatoms. The molecule has 0 unspecified atom stereocenters. The van der Waals surface area contributed by atoms with E-state index in [0.717, 1.165) is 19.4 Å². The van der Waals surface area contributed by atoms with E-state index in [0.29, 0.717) is 22.2 Å². The second kappa shape index (κ2) is 5.84. The minimum atomic E-state index is -0.904. The maximum absolute atomic E-state index is 11.0. The van der Waals surface area contributed by atoms with Crippen molar-refractivity contribution in [3.05, 3.63) is 11.3 Å².